The van der Waals surface area contributed by atoms with E-state index in [1.54, 1.807) is 23.1 Å². The van der Waals surface area contributed by atoms with E-state index in [-0.39, 0.29) is 12.0 Å². The summed E-state index contributed by atoms with van der Waals surface area (Å²) in [6.07, 6.45) is 14.5. The number of halogens is 1. The third kappa shape index (κ3) is 6.60. The van der Waals surface area contributed by atoms with E-state index in [2.05, 4.69) is 120 Å². The number of aliphatic hydroxyl groups is 1. The second kappa shape index (κ2) is 12.6. The Morgan fingerprint density at radius 2 is 1.83 bits per heavy atom. The van der Waals surface area contributed by atoms with Gasteiger partial charge in [0, 0.05) is 35.0 Å². The molecule has 0 radical (unpaired) electrons. The molecule has 42 heavy (non-hydrogen) atoms. The van der Waals surface area contributed by atoms with Crippen molar-refractivity contribution in [3.05, 3.63) is 129 Å². The Morgan fingerprint density at radius 3 is 2.67 bits per heavy atom. The Morgan fingerprint density at radius 1 is 1.02 bits per heavy atom. The highest BCUT2D eigenvalue weighted by molar-refractivity contribution is 8.03. The van der Waals surface area contributed by atoms with Crippen molar-refractivity contribution < 1.29 is 9.67 Å². The number of aryl methyl sites for hydroxylation is 2. The van der Waals surface area contributed by atoms with Gasteiger partial charge in [0.25, 0.3) is 5.01 Å². The van der Waals surface area contributed by atoms with Crippen molar-refractivity contribution >= 4 is 56.7 Å². The van der Waals surface area contributed by atoms with Gasteiger partial charge in [0.15, 0.2) is 6.54 Å². The number of anilines is 1. The van der Waals surface area contributed by atoms with Crippen LogP contribution in [0, 0.1) is 5.41 Å². The summed E-state index contributed by atoms with van der Waals surface area (Å²) in [4.78, 5) is 3.49. The topological polar surface area (TPSA) is 27.4 Å². The van der Waals surface area contributed by atoms with Crippen LogP contribution < -0.4 is 9.47 Å². The lowest BCUT2D eigenvalue weighted by Gasteiger charge is -2.31. The molecule has 0 atom stereocenters. The lowest BCUT2D eigenvalue weighted by atomic mass is 9.75. The first-order chi connectivity index (χ1) is 20.4. The van der Waals surface area contributed by atoms with Crippen molar-refractivity contribution in [2.24, 2.45) is 5.41 Å². The Balaban J connectivity index is 1.28. The number of hydrogen-bond donors (Lipinski definition) is 1. The van der Waals surface area contributed by atoms with Crippen LogP contribution in [-0.4, -0.2) is 18.3 Å². The number of fused-ring (bicyclic) bond motifs is 2. The van der Waals surface area contributed by atoms with E-state index in [9.17, 15) is 5.11 Å². The van der Waals surface area contributed by atoms with Gasteiger partial charge in [-0.25, -0.2) is 0 Å². The van der Waals surface area contributed by atoms with Gasteiger partial charge in [0.05, 0.1) is 17.3 Å². The molecule has 0 amide bonds. The predicted molar refractivity (Wildman–Crippen MR) is 180 cm³/mol. The first kappa shape index (κ1) is 29.0. The van der Waals surface area contributed by atoms with Crippen LogP contribution in [-0.2, 0) is 13.0 Å². The molecule has 3 nitrogen and oxygen atoms in total. The molecule has 1 aliphatic carbocycles. The summed E-state index contributed by atoms with van der Waals surface area (Å²) < 4.78 is 3.62. The maximum atomic E-state index is 9.75. The van der Waals surface area contributed by atoms with E-state index in [0.717, 1.165) is 30.8 Å². The number of nitrogens with zero attached hydrogens (tertiary/aromatic N) is 2. The Hall–Kier alpha value is -3.09. The van der Waals surface area contributed by atoms with Gasteiger partial charge in [-0.1, -0.05) is 109 Å². The molecule has 1 N–H and O–H groups in total. The van der Waals surface area contributed by atoms with E-state index >= 15 is 0 Å². The summed E-state index contributed by atoms with van der Waals surface area (Å²) in [6, 6.07) is 25.3. The smallest absolute Gasteiger partial charge is 0.262 e. The minimum Gasteiger partial charge on any atom is -0.395 e. The van der Waals surface area contributed by atoms with Gasteiger partial charge in [-0.3, -0.25) is 0 Å². The maximum Gasteiger partial charge on any atom is 0.262 e. The number of allylic oxidation sites excluding steroid dienone is 6. The number of hydrogen-bond acceptors (Lipinski definition) is 4. The number of β-amino-alcohol motifs (C(OH)–C–C–N with tert-alkyl or cyclic N) is 1. The molecule has 3 aromatic carbocycles. The number of benzene rings is 3. The van der Waals surface area contributed by atoms with Crippen molar-refractivity contribution in [3.8, 4) is 0 Å². The molecule has 0 spiro atoms. The number of aliphatic hydroxyl groups excluding tert-OH is 1. The van der Waals surface area contributed by atoms with Crippen molar-refractivity contribution in [1.29, 1.82) is 0 Å². The molecule has 0 saturated carbocycles. The maximum absolute atomic E-state index is 9.75. The van der Waals surface area contributed by atoms with Crippen LogP contribution in [0.25, 0.3) is 16.3 Å². The van der Waals surface area contributed by atoms with Gasteiger partial charge >= 0.3 is 0 Å². The Labute approximate surface area is 262 Å². The summed E-state index contributed by atoms with van der Waals surface area (Å²) in [5.74, 6) is 0. The molecule has 6 rings (SSSR count). The zero-order chi connectivity index (χ0) is 29.1. The minimum absolute atomic E-state index is 0.127. The number of aromatic nitrogens is 1. The largest absolute Gasteiger partial charge is 0.395 e. The van der Waals surface area contributed by atoms with Crippen LogP contribution in [0.4, 0.5) is 5.69 Å². The minimum atomic E-state index is 0.127. The van der Waals surface area contributed by atoms with Crippen molar-refractivity contribution in [2.45, 2.75) is 44.6 Å². The molecule has 4 aromatic rings. The zero-order valence-electron chi connectivity index (χ0n) is 24.1. The van der Waals surface area contributed by atoms with E-state index in [4.69, 9.17) is 11.6 Å². The number of para-hydroxylation sites is 1. The average molecular weight is 612 g/mol. The molecule has 0 unspecified atom stereocenters. The summed E-state index contributed by atoms with van der Waals surface area (Å²) >= 11 is 9.94. The second-order valence-electron chi connectivity index (χ2n) is 11.7. The molecule has 1 aliphatic heterocycles. The molecule has 0 bridgehead atoms. The molecule has 2 aliphatic rings. The van der Waals surface area contributed by atoms with Crippen LogP contribution >= 0.6 is 34.7 Å². The first-order valence-corrected chi connectivity index (χ1v) is 16.5. The molecular weight excluding hydrogens is 576 g/mol. The van der Waals surface area contributed by atoms with Crippen molar-refractivity contribution in [2.75, 3.05) is 18.1 Å². The lowest BCUT2D eigenvalue weighted by molar-refractivity contribution is -0.668. The lowest BCUT2D eigenvalue weighted by Crippen LogP contribution is -2.36. The third-order valence-corrected chi connectivity index (χ3v) is 10.2. The summed E-state index contributed by atoms with van der Waals surface area (Å²) in [6.45, 7) is 6.35. The van der Waals surface area contributed by atoms with Crippen molar-refractivity contribution in [1.82, 2.24) is 0 Å². The van der Waals surface area contributed by atoms with Crippen LogP contribution in [0.5, 0.6) is 0 Å². The highest BCUT2D eigenvalue weighted by Crippen LogP contribution is 2.47. The molecule has 214 valence electrons. The summed E-state index contributed by atoms with van der Waals surface area (Å²) in [7, 11) is 0. The van der Waals surface area contributed by atoms with Gasteiger partial charge in [0.1, 0.15) is 4.70 Å². The van der Waals surface area contributed by atoms with Crippen LogP contribution in [0.15, 0.2) is 118 Å². The second-order valence-corrected chi connectivity index (χ2v) is 14.3. The number of thiazole rings is 1. The van der Waals surface area contributed by atoms with Gasteiger partial charge in [-0.2, -0.15) is 4.57 Å². The van der Waals surface area contributed by atoms with Gasteiger partial charge in [-0.15, -0.1) is 0 Å². The first-order valence-electron chi connectivity index (χ1n) is 14.5. The van der Waals surface area contributed by atoms with E-state index in [1.807, 2.05) is 6.07 Å². The summed E-state index contributed by atoms with van der Waals surface area (Å²) in [5, 5.41) is 12.9. The Bertz CT molecular complexity index is 1720. The predicted octanol–water partition coefficient (Wildman–Crippen LogP) is 9.22. The SMILES string of the molecule is CC1(C)CC(=CC=Cc2sc3cc(Cl)ccc3[n+]2CCc2ccccc2)C=C(C=C2Sc3ccccc3N2CCO)C1. The molecule has 2 heterocycles. The zero-order valence-corrected chi connectivity index (χ0v) is 26.5. The number of rotatable bonds is 8. The fraction of sp³-hybridized carbons (Fsp3) is 0.250. The molecule has 0 fully saturated rings. The average Bonchev–Trinajstić information content (AvgIpc) is 3.48. The standard InChI is InChI=1S/C36H36ClN2OS2/c1-36(2)24-27(21-28(25-36)22-35-39(19-20-40)30-12-6-7-13-32(30)41-35)11-8-14-34-38(18-17-26-9-4-3-5-10-26)31-16-15-29(37)23-33(31)42-34/h3-16,21-23,40H,17-20,24-25H2,1-2H3/q+1. The summed E-state index contributed by atoms with van der Waals surface area (Å²) in [5.41, 5.74) is 6.59. The molecule has 6 heteroatoms. The van der Waals surface area contributed by atoms with Gasteiger partial charge in [0.2, 0.25) is 5.52 Å². The molecular formula is C36H36ClN2OS2+. The van der Waals surface area contributed by atoms with Crippen LogP contribution in [0.3, 0.4) is 0 Å². The third-order valence-electron chi connectivity index (χ3n) is 7.71. The van der Waals surface area contributed by atoms with Crippen LogP contribution in [0.1, 0.15) is 37.3 Å². The monoisotopic (exact) mass is 611 g/mol. The normalized spacial score (nSPS) is 18.4. The van der Waals surface area contributed by atoms with Gasteiger partial charge < -0.3 is 10.0 Å². The molecule has 1 aromatic heterocycles. The fourth-order valence-electron chi connectivity index (χ4n) is 5.93. The Kier molecular flexibility index (Phi) is 8.73. The van der Waals surface area contributed by atoms with Gasteiger partial charge in [-0.05, 0) is 65.3 Å². The highest BCUT2D eigenvalue weighted by Gasteiger charge is 2.28. The number of thioether (sulfide) groups is 1. The van der Waals surface area contributed by atoms with E-state index in [0.29, 0.717) is 6.54 Å². The molecule has 0 saturated heterocycles. The highest BCUT2D eigenvalue weighted by atomic mass is 35.5. The fourth-order valence-corrected chi connectivity index (χ4v) is 8.47. The van der Waals surface area contributed by atoms with E-state index < -0.39 is 0 Å². The quantitative estimate of drug-likeness (QED) is 0.201. The van der Waals surface area contributed by atoms with E-state index in [1.165, 1.54) is 47.5 Å². The van der Waals surface area contributed by atoms with Crippen LogP contribution in [0.2, 0.25) is 5.02 Å². The van der Waals surface area contributed by atoms with Crippen molar-refractivity contribution in [3.63, 3.8) is 0 Å².